The number of Topliss-reactive ketones (excluding diaryl/α,β-unsaturated/α-hetero) is 1. The van der Waals surface area contributed by atoms with Crippen LogP contribution in [0.1, 0.15) is 12.5 Å². The standard InChI is InChI=1S/C24H23ClN4O4/c1-16(30)27-20-14-26-23(18-10-6-3-7-11-18)29(24(20)33)15-22(32)28-19(21(31)13-25)12-17-8-4-2-5-9-17/h2-11,14,19H,12-13,15H2,1H3,(H,27,30)(H,28,32). The predicted octanol–water partition coefficient (Wildman–Crippen LogP) is 2.40. The zero-order chi connectivity index (χ0) is 23.8. The zero-order valence-corrected chi connectivity index (χ0v) is 18.7. The van der Waals surface area contributed by atoms with Crippen molar-refractivity contribution in [3.8, 4) is 11.4 Å². The molecule has 8 nitrogen and oxygen atoms in total. The molecule has 0 saturated carbocycles. The smallest absolute Gasteiger partial charge is 0.278 e. The Morgan fingerprint density at radius 2 is 1.67 bits per heavy atom. The molecule has 170 valence electrons. The van der Waals surface area contributed by atoms with E-state index in [4.69, 9.17) is 11.6 Å². The lowest BCUT2D eigenvalue weighted by Crippen LogP contribution is -2.45. The Labute approximate surface area is 195 Å². The van der Waals surface area contributed by atoms with E-state index in [2.05, 4.69) is 15.6 Å². The summed E-state index contributed by atoms with van der Waals surface area (Å²) in [6.07, 6.45) is 1.53. The van der Waals surface area contributed by atoms with Gasteiger partial charge in [0.2, 0.25) is 11.8 Å². The second kappa shape index (κ2) is 11.2. The SMILES string of the molecule is CC(=O)Nc1cnc(-c2ccccc2)n(CC(=O)NC(Cc2ccccc2)C(=O)CCl)c1=O. The highest BCUT2D eigenvalue weighted by Gasteiger charge is 2.22. The van der Waals surface area contributed by atoms with Crippen LogP contribution in [0.2, 0.25) is 0 Å². The molecule has 0 aliphatic carbocycles. The molecule has 2 N–H and O–H groups in total. The number of nitrogens with zero attached hydrogens (tertiary/aromatic N) is 2. The summed E-state index contributed by atoms with van der Waals surface area (Å²) in [4.78, 5) is 54.1. The molecule has 1 atom stereocenters. The molecule has 2 amide bonds. The minimum atomic E-state index is -0.847. The molecule has 0 bridgehead atoms. The van der Waals surface area contributed by atoms with Crippen molar-refractivity contribution < 1.29 is 14.4 Å². The van der Waals surface area contributed by atoms with Crippen LogP contribution in [-0.4, -0.2) is 39.1 Å². The van der Waals surface area contributed by atoms with Gasteiger partial charge in [-0.25, -0.2) is 4.98 Å². The van der Waals surface area contributed by atoms with Crippen LogP contribution in [0, 0.1) is 0 Å². The Hall–Kier alpha value is -3.78. The minimum Gasteiger partial charge on any atom is -0.344 e. The van der Waals surface area contributed by atoms with E-state index < -0.39 is 30.0 Å². The number of halogens is 1. The van der Waals surface area contributed by atoms with E-state index in [1.165, 1.54) is 17.7 Å². The summed E-state index contributed by atoms with van der Waals surface area (Å²) in [6.45, 7) is 0.873. The summed E-state index contributed by atoms with van der Waals surface area (Å²) >= 11 is 5.75. The highest BCUT2D eigenvalue weighted by Crippen LogP contribution is 2.16. The van der Waals surface area contributed by atoms with Crippen molar-refractivity contribution in [2.45, 2.75) is 25.9 Å². The van der Waals surface area contributed by atoms with Gasteiger partial charge in [0.15, 0.2) is 5.78 Å². The van der Waals surface area contributed by atoms with Crippen molar-refractivity contribution in [2.75, 3.05) is 11.2 Å². The monoisotopic (exact) mass is 466 g/mol. The first-order valence-electron chi connectivity index (χ1n) is 10.2. The highest BCUT2D eigenvalue weighted by atomic mass is 35.5. The summed E-state index contributed by atoms with van der Waals surface area (Å²) in [7, 11) is 0. The lowest BCUT2D eigenvalue weighted by atomic mass is 10.0. The van der Waals surface area contributed by atoms with Gasteiger partial charge in [0.05, 0.1) is 18.1 Å². The van der Waals surface area contributed by atoms with E-state index in [0.29, 0.717) is 5.56 Å². The number of hydrogen-bond acceptors (Lipinski definition) is 5. The van der Waals surface area contributed by atoms with E-state index >= 15 is 0 Å². The number of ketones is 1. The summed E-state index contributed by atoms with van der Waals surface area (Å²) in [5, 5.41) is 5.11. The zero-order valence-electron chi connectivity index (χ0n) is 18.0. The van der Waals surface area contributed by atoms with Crippen LogP contribution in [0.4, 0.5) is 5.69 Å². The fourth-order valence-electron chi connectivity index (χ4n) is 3.30. The molecular formula is C24H23ClN4O4. The van der Waals surface area contributed by atoms with Crippen molar-refractivity contribution in [2.24, 2.45) is 0 Å². The van der Waals surface area contributed by atoms with E-state index in [-0.39, 0.29) is 29.6 Å². The number of aromatic nitrogens is 2. The van der Waals surface area contributed by atoms with Crippen LogP contribution in [0.25, 0.3) is 11.4 Å². The van der Waals surface area contributed by atoms with Gasteiger partial charge in [0, 0.05) is 12.5 Å². The summed E-state index contributed by atoms with van der Waals surface area (Å²) in [5.74, 6) is -1.33. The molecule has 1 unspecified atom stereocenters. The Morgan fingerprint density at radius 3 is 2.27 bits per heavy atom. The second-order valence-corrected chi connectivity index (χ2v) is 7.61. The van der Waals surface area contributed by atoms with Crippen molar-refractivity contribution >= 4 is 34.9 Å². The quantitative estimate of drug-likeness (QED) is 0.470. The minimum absolute atomic E-state index is 0.0485. The fourth-order valence-corrected chi connectivity index (χ4v) is 3.49. The topological polar surface area (TPSA) is 110 Å². The first-order chi connectivity index (χ1) is 15.9. The molecule has 0 aliphatic rings. The molecular weight excluding hydrogens is 444 g/mol. The molecule has 9 heteroatoms. The second-order valence-electron chi connectivity index (χ2n) is 7.34. The molecule has 0 spiro atoms. The predicted molar refractivity (Wildman–Crippen MR) is 126 cm³/mol. The van der Waals surface area contributed by atoms with E-state index in [0.717, 1.165) is 5.56 Å². The van der Waals surface area contributed by atoms with Crippen LogP contribution in [0.3, 0.4) is 0 Å². The number of alkyl halides is 1. The Morgan fingerprint density at radius 1 is 1.03 bits per heavy atom. The average Bonchev–Trinajstić information content (AvgIpc) is 2.81. The number of hydrogen-bond donors (Lipinski definition) is 2. The van der Waals surface area contributed by atoms with E-state index in [9.17, 15) is 19.2 Å². The fraction of sp³-hybridized carbons (Fsp3) is 0.208. The number of benzene rings is 2. The van der Waals surface area contributed by atoms with Crippen LogP contribution >= 0.6 is 11.6 Å². The van der Waals surface area contributed by atoms with Crippen molar-refractivity contribution in [1.82, 2.24) is 14.9 Å². The maximum absolute atomic E-state index is 13.0. The van der Waals surface area contributed by atoms with Crippen molar-refractivity contribution in [1.29, 1.82) is 0 Å². The number of nitrogens with one attached hydrogen (secondary N) is 2. The third kappa shape index (κ3) is 6.36. The molecule has 0 radical (unpaired) electrons. The van der Waals surface area contributed by atoms with Crippen LogP contribution in [0.5, 0.6) is 0 Å². The van der Waals surface area contributed by atoms with E-state index in [1.807, 2.05) is 36.4 Å². The van der Waals surface area contributed by atoms with Gasteiger partial charge in [0.25, 0.3) is 5.56 Å². The van der Waals surface area contributed by atoms with Gasteiger partial charge in [-0.1, -0.05) is 60.7 Å². The Kier molecular flexibility index (Phi) is 8.10. The maximum Gasteiger partial charge on any atom is 0.278 e. The number of anilines is 1. The summed E-state index contributed by atoms with van der Waals surface area (Å²) in [6, 6.07) is 17.3. The first-order valence-corrected chi connectivity index (χ1v) is 10.8. The molecule has 3 rings (SSSR count). The van der Waals surface area contributed by atoms with Gasteiger partial charge in [-0.3, -0.25) is 23.7 Å². The van der Waals surface area contributed by atoms with Gasteiger partial charge in [-0.05, 0) is 12.0 Å². The number of carbonyl (C=O) groups is 3. The molecule has 0 saturated heterocycles. The average molecular weight is 467 g/mol. The first kappa shape index (κ1) is 23.9. The molecule has 0 aliphatic heterocycles. The maximum atomic E-state index is 13.0. The van der Waals surface area contributed by atoms with Crippen LogP contribution in [0.15, 0.2) is 71.7 Å². The lowest BCUT2D eigenvalue weighted by molar-refractivity contribution is -0.127. The number of amides is 2. The van der Waals surface area contributed by atoms with Gasteiger partial charge in [-0.2, -0.15) is 0 Å². The lowest BCUT2D eigenvalue weighted by Gasteiger charge is -2.19. The van der Waals surface area contributed by atoms with Crippen molar-refractivity contribution in [3.05, 3.63) is 82.8 Å². The molecule has 1 aromatic heterocycles. The molecule has 2 aromatic carbocycles. The summed E-state index contributed by atoms with van der Waals surface area (Å²) < 4.78 is 1.17. The summed E-state index contributed by atoms with van der Waals surface area (Å²) in [5.41, 5.74) is 0.845. The van der Waals surface area contributed by atoms with Gasteiger partial charge >= 0.3 is 0 Å². The molecule has 0 fully saturated rings. The van der Waals surface area contributed by atoms with Crippen LogP contribution < -0.4 is 16.2 Å². The molecule has 33 heavy (non-hydrogen) atoms. The van der Waals surface area contributed by atoms with Crippen molar-refractivity contribution in [3.63, 3.8) is 0 Å². The Bertz CT molecular complexity index is 1200. The largest absolute Gasteiger partial charge is 0.344 e. The Balaban J connectivity index is 1.91. The highest BCUT2D eigenvalue weighted by molar-refractivity contribution is 6.28. The van der Waals surface area contributed by atoms with Crippen LogP contribution in [-0.2, 0) is 27.3 Å². The van der Waals surface area contributed by atoms with Gasteiger partial charge < -0.3 is 10.6 Å². The number of carbonyl (C=O) groups excluding carboxylic acids is 3. The third-order valence-corrected chi connectivity index (χ3v) is 5.09. The normalized spacial score (nSPS) is 11.5. The van der Waals surface area contributed by atoms with Gasteiger partial charge in [-0.15, -0.1) is 11.6 Å². The van der Waals surface area contributed by atoms with E-state index in [1.54, 1.807) is 24.3 Å². The van der Waals surface area contributed by atoms with Gasteiger partial charge in [0.1, 0.15) is 18.1 Å². The molecule has 3 aromatic rings. The third-order valence-electron chi connectivity index (χ3n) is 4.83. The molecule has 1 heterocycles. The number of rotatable bonds is 9.